The minimum atomic E-state index is -1.19. The Balaban J connectivity index is 2.75. The first-order valence-electron chi connectivity index (χ1n) is 4.91. The highest BCUT2D eigenvalue weighted by atomic mass is 79.9. The molecule has 0 atom stereocenters. The first-order chi connectivity index (χ1) is 8.07. The minimum absolute atomic E-state index is 0.0259. The largest absolute Gasteiger partial charge is 0.490 e. The molecule has 0 heterocycles. The van der Waals surface area contributed by atoms with Crippen LogP contribution in [0.4, 0.5) is 4.39 Å². The molecule has 0 aliphatic heterocycles. The van der Waals surface area contributed by atoms with E-state index in [1.807, 2.05) is 0 Å². The zero-order valence-corrected chi connectivity index (χ0v) is 10.8. The van der Waals surface area contributed by atoms with E-state index < -0.39 is 11.8 Å². The molecule has 0 saturated carbocycles. The second kappa shape index (κ2) is 6.56. The zero-order chi connectivity index (χ0) is 12.8. The maximum atomic E-state index is 13.7. The maximum absolute atomic E-state index is 13.7. The molecule has 6 heteroatoms. The average Bonchev–Trinajstić information content (AvgIpc) is 2.29. The van der Waals surface area contributed by atoms with Crippen LogP contribution in [0.25, 0.3) is 0 Å². The lowest BCUT2D eigenvalue weighted by Crippen LogP contribution is -2.05. The monoisotopic (exact) mass is 306 g/mol. The van der Waals surface area contributed by atoms with Gasteiger partial charge < -0.3 is 14.6 Å². The number of methoxy groups -OCH3 is 1. The van der Waals surface area contributed by atoms with Gasteiger partial charge in [-0.1, -0.05) is 0 Å². The average molecular weight is 307 g/mol. The highest BCUT2D eigenvalue weighted by Crippen LogP contribution is 2.28. The first kappa shape index (κ1) is 13.9. The van der Waals surface area contributed by atoms with Gasteiger partial charge in [-0.25, -0.2) is 9.18 Å². The predicted molar refractivity (Wildman–Crippen MR) is 63.0 cm³/mol. The summed E-state index contributed by atoms with van der Waals surface area (Å²) in [5.41, 5.74) is -0.133. The number of carboxylic acid groups (broad SMARTS) is 1. The highest BCUT2D eigenvalue weighted by Gasteiger charge is 2.16. The molecule has 1 aromatic carbocycles. The van der Waals surface area contributed by atoms with E-state index in [-0.39, 0.29) is 15.8 Å². The third-order valence-corrected chi connectivity index (χ3v) is 2.80. The van der Waals surface area contributed by atoms with Gasteiger partial charge in [-0.2, -0.15) is 0 Å². The van der Waals surface area contributed by atoms with E-state index >= 15 is 0 Å². The van der Waals surface area contributed by atoms with Gasteiger partial charge >= 0.3 is 5.97 Å². The van der Waals surface area contributed by atoms with Crippen LogP contribution in [0.3, 0.4) is 0 Å². The van der Waals surface area contributed by atoms with Gasteiger partial charge in [0.15, 0.2) is 11.6 Å². The molecular weight excluding hydrogens is 295 g/mol. The Morgan fingerprint density at radius 1 is 1.47 bits per heavy atom. The van der Waals surface area contributed by atoms with E-state index in [1.54, 1.807) is 7.11 Å². The number of carbonyl (C=O) groups is 1. The standard InChI is InChI=1S/C11H12BrFO4/c1-16-5-2-6-17-8-4-3-7(11(14)15)9(12)10(8)13/h3-4H,2,5-6H2,1H3,(H,14,15). The molecule has 94 valence electrons. The van der Waals surface area contributed by atoms with Gasteiger partial charge in [0, 0.05) is 20.1 Å². The number of aromatic carboxylic acids is 1. The topological polar surface area (TPSA) is 55.8 Å². The fourth-order valence-electron chi connectivity index (χ4n) is 1.19. The van der Waals surface area contributed by atoms with Crippen LogP contribution in [-0.2, 0) is 4.74 Å². The molecule has 0 aromatic heterocycles. The molecule has 1 N–H and O–H groups in total. The van der Waals surface area contributed by atoms with Crippen LogP contribution in [0, 0.1) is 5.82 Å². The number of carboxylic acids is 1. The summed E-state index contributed by atoms with van der Waals surface area (Å²) in [6.45, 7) is 0.833. The molecule has 0 bridgehead atoms. The number of hydrogen-bond donors (Lipinski definition) is 1. The van der Waals surface area contributed by atoms with E-state index in [4.69, 9.17) is 14.6 Å². The van der Waals surface area contributed by atoms with Gasteiger partial charge in [0.1, 0.15) is 0 Å². The van der Waals surface area contributed by atoms with Crippen LogP contribution in [0.15, 0.2) is 16.6 Å². The molecule has 0 unspecified atom stereocenters. The van der Waals surface area contributed by atoms with E-state index in [9.17, 15) is 9.18 Å². The Morgan fingerprint density at radius 3 is 2.76 bits per heavy atom. The second-order valence-corrected chi connectivity index (χ2v) is 4.03. The van der Waals surface area contributed by atoms with Crippen molar-refractivity contribution in [2.24, 2.45) is 0 Å². The van der Waals surface area contributed by atoms with Crippen LogP contribution in [0.1, 0.15) is 16.8 Å². The number of halogens is 2. The molecule has 0 aliphatic rings. The van der Waals surface area contributed by atoms with Crippen molar-refractivity contribution < 1.29 is 23.8 Å². The van der Waals surface area contributed by atoms with Gasteiger partial charge in [0.2, 0.25) is 0 Å². The quantitative estimate of drug-likeness (QED) is 0.821. The van der Waals surface area contributed by atoms with Gasteiger partial charge in [-0.3, -0.25) is 0 Å². The Bertz CT molecular complexity index is 409. The lowest BCUT2D eigenvalue weighted by Gasteiger charge is -2.09. The minimum Gasteiger partial charge on any atom is -0.490 e. The Hall–Kier alpha value is -1.14. The van der Waals surface area contributed by atoms with Crippen molar-refractivity contribution in [2.45, 2.75) is 6.42 Å². The van der Waals surface area contributed by atoms with Crippen LogP contribution in [0.2, 0.25) is 0 Å². The van der Waals surface area contributed by atoms with E-state index in [2.05, 4.69) is 15.9 Å². The van der Waals surface area contributed by atoms with Crippen molar-refractivity contribution in [3.63, 3.8) is 0 Å². The van der Waals surface area contributed by atoms with Crippen LogP contribution >= 0.6 is 15.9 Å². The summed E-state index contributed by atoms with van der Waals surface area (Å²) in [7, 11) is 1.57. The smallest absolute Gasteiger partial charge is 0.336 e. The number of benzene rings is 1. The summed E-state index contributed by atoms with van der Waals surface area (Å²) < 4.78 is 23.6. The summed E-state index contributed by atoms with van der Waals surface area (Å²) in [6, 6.07) is 2.59. The van der Waals surface area contributed by atoms with Crippen LogP contribution in [0.5, 0.6) is 5.75 Å². The van der Waals surface area contributed by atoms with Crippen molar-refractivity contribution in [3.8, 4) is 5.75 Å². The lowest BCUT2D eigenvalue weighted by molar-refractivity contribution is 0.0695. The molecule has 0 aliphatic carbocycles. The molecule has 4 nitrogen and oxygen atoms in total. The summed E-state index contributed by atoms with van der Waals surface area (Å²) >= 11 is 2.89. The van der Waals surface area contributed by atoms with Crippen molar-refractivity contribution in [3.05, 3.63) is 28.0 Å². The second-order valence-electron chi connectivity index (χ2n) is 3.24. The predicted octanol–water partition coefficient (Wildman–Crippen LogP) is 2.70. The number of ether oxygens (including phenoxy) is 2. The normalized spacial score (nSPS) is 10.3. The first-order valence-corrected chi connectivity index (χ1v) is 5.70. The van der Waals surface area contributed by atoms with E-state index in [0.29, 0.717) is 19.6 Å². The number of hydrogen-bond acceptors (Lipinski definition) is 3. The maximum Gasteiger partial charge on any atom is 0.336 e. The Labute approximate surface area is 106 Å². The van der Waals surface area contributed by atoms with Crippen molar-refractivity contribution in [1.82, 2.24) is 0 Å². The van der Waals surface area contributed by atoms with Gasteiger partial charge in [0.25, 0.3) is 0 Å². The van der Waals surface area contributed by atoms with Crippen LogP contribution in [-0.4, -0.2) is 31.4 Å². The van der Waals surface area contributed by atoms with Gasteiger partial charge in [-0.15, -0.1) is 0 Å². The van der Waals surface area contributed by atoms with Gasteiger partial charge in [-0.05, 0) is 28.1 Å². The van der Waals surface area contributed by atoms with Crippen molar-refractivity contribution in [2.75, 3.05) is 20.3 Å². The molecule has 0 saturated heterocycles. The number of rotatable bonds is 6. The van der Waals surface area contributed by atoms with Gasteiger partial charge in [0.05, 0.1) is 16.6 Å². The molecule has 0 amide bonds. The van der Waals surface area contributed by atoms with E-state index in [0.717, 1.165) is 0 Å². The van der Waals surface area contributed by atoms with Crippen molar-refractivity contribution >= 4 is 21.9 Å². The molecule has 0 fully saturated rings. The summed E-state index contributed by atoms with van der Waals surface area (Å²) in [5, 5.41) is 8.77. The van der Waals surface area contributed by atoms with E-state index in [1.165, 1.54) is 12.1 Å². The molecule has 0 spiro atoms. The summed E-state index contributed by atoms with van der Waals surface area (Å²) in [6.07, 6.45) is 0.633. The molecule has 1 aromatic rings. The molecular formula is C11H12BrFO4. The fourth-order valence-corrected chi connectivity index (χ4v) is 1.69. The molecule has 0 radical (unpaired) electrons. The fraction of sp³-hybridized carbons (Fsp3) is 0.364. The Morgan fingerprint density at radius 2 is 2.18 bits per heavy atom. The highest BCUT2D eigenvalue weighted by molar-refractivity contribution is 9.10. The molecule has 1 rings (SSSR count). The third kappa shape index (κ3) is 3.67. The lowest BCUT2D eigenvalue weighted by atomic mass is 10.2. The Kier molecular flexibility index (Phi) is 5.37. The zero-order valence-electron chi connectivity index (χ0n) is 9.20. The summed E-state index contributed by atoms with van der Waals surface area (Å²) in [5.74, 6) is -1.87. The molecule has 17 heavy (non-hydrogen) atoms. The van der Waals surface area contributed by atoms with Crippen molar-refractivity contribution in [1.29, 1.82) is 0 Å². The summed E-state index contributed by atoms with van der Waals surface area (Å²) in [4.78, 5) is 10.7. The van der Waals surface area contributed by atoms with Crippen LogP contribution < -0.4 is 4.74 Å². The SMILES string of the molecule is COCCCOc1ccc(C(=O)O)c(Br)c1F. The third-order valence-electron chi connectivity index (χ3n) is 2.03.